The molecule has 1 rings (SSSR count). The van der Waals surface area contributed by atoms with Crippen molar-refractivity contribution in [2.75, 3.05) is 6.61 Å². The first-order valence-electron chi connectivity index (χ1n) is 4.69. The second kappa shape index (κ2) is 4.85. The van der Waals surface area contributed by atoms with Gasteiger partial charge in [0.1, 0.15) is 0 Å². The van der Waals surface area contributed by atoms with Gasteiger partial charge in [0.05, 0.1) is 6.61 Å². The Morgan fingerprint density at radius 1 is 1.31 bits per heavy atom. The molecule has 0 aliphatic carbocycles. The highest BCUT2D eigenvalue weighted by Crippen LogP contribution is 2.22. The molecule has 0 aliphatic heterocycles. The maximum absolute atomic E-state index is 13.2. The minimum atomic E-state index is -0.257. The van der Waals surface area contributed by atoms with E-state index in [1.54, 1.807) is 6.07 Å². The molecule has 0 atom stereocenters. The van der Waals surface area contributed by atoms with E-state index in [0.717, 1.165) is 18.4 Å². The van der Waals surface area contributed by atoms with Crippen LogP contribution in [0.15, 0.2) is 18.2 Å². The maximum Gasteiger partial charge on any atom is 0.165 e. The number of halogens is 1. The quantitative estimate of drug-likeness (QED) is 0.695. The molecule has 0 heterocycles. The lowest BCUT2D eigenvalue weighted by atomic mass is 10.1. The summed E-state index contributed by atoms with van der Waals surface area (Å²) < 4.78 is 18.6. The van der Waals surface area contributed by atoms with Crippen LogP contribution in [0, 0.1) is 5.82 Å². The number of hydrogen-bond donors (Lipinski definition) is 0. The summed E-state index contributed by atoms with van der Waals surface area (Å²) in [6, 6.07) is 5.05. The molecule has 0 N–H and O–H groups in total. The van der Waals surface area contributed by atoms with E-state index in [4.69, 9.17) is 4.74 Å². The summed E-state index contributed by atoms with van der Waals surface area (Å²) in [7, 11) is 0. The molecule has 1 aromatic carbocycles. The Morgan fingerprint density at radius 3 is 2.69 bits per heavy atom. The van der Waals surface area contributed by atoms with Crippen molar-refractivity contribution < 1.29 is 9.13 Å². The van der Waals surface area contributed by atoms with E-state index < -0.39 is 0 Å². The summed E-state index contributed by atoms with van der Waals surface area (Å²) >= 11 is 0. The van der Waals surface area contributed by atoms with Gasteiger partial charge in [0.25, 0.3) is 0 Å². The molecule has 0 saturated heterocycles. The SMILES string of the molecule is CCCOc1c(F)cccc1CC. The van der Waals surface area contributed by atoms with E-state index in [2.05, 4.69) is 0 Å². The van der Waals surface area contributed by atoms with Crippen LogP contribution in [0.25, 0.3) is 0 Å². The second-order valence-electron chi connectivity index (χ2n) is 2.93. The first-order chi connectivity index (χ1) is 6.29. The van der Waals surface area contributed by atoms with Crippen LogP contribution >= 0.6 is 0 Å². The average molecular weight is 182 g/mol. The van der Waals surface area contributed by atoms with Gasteiger partial charge in [-0.05, 0) is 24.5 Å². The number of ether oxygens (including phenoxy) is 1. The zero-order chi connectivity index (χ0) is 9.68. The van der Waals surface area contributed by atoms with E-state index in [1.165, 1.54) is 6.07 Å². The molecule has 1 aromatic rings. The molecular weight excluding hydrogens is 167 g/mol. The largest absolute Gasteiger partial charge is 0.490 e. The Morgan fingerprint density at radius 2 is 2.08 bits per heavy atom. The molecular formula is C11H15FO. The first kappa shape index (κ1) is 10.0. The molecule has 0 unspecified atom stereocenters. The Labute approximate surface area is 78.5 Å². The standard InChI is InChI=1S/C11H15FO/c1-3-8-13-11-9(4-2)6-5-7-10(11)12/h5-7H,3-4,8H2,1-2H3. The van der Waals surface area contributed by atoms with Crippen LogP contribution in [-0.2, 0) is 6.42 Å². The minimum Gasteiger partial charge on any atom is -0.490 e. The summed E-state index contributed by atoms with van der Waals surface area (Å²) in [6.45, 7) is 4.58. The van der Waals surface area contributed by atoms with Gasteiger partial charge in [-0.25, -0.2) is 4.39 Å². The van der Waals surface area contributed by atoms with Gasteiger partial charge in [0.2, 0.25) is 0 Å². The van der Waals surface area contributed by atoms with Gasteiger partial charge in [-0.15, -0.1) is 0 Å². The highest BCUT2D eigenvalue weighted by Gasteiger charge is 2.06. The van der Waals surface area contributed by atoms with Crippen LogP contribution in [0.5, 0.6) is 5.75 Å². The van der Waals surface area contributed by atoms with E-state index in [9.17, 15) is 4.39 Å². The molecule has 0 amide bonds. The zero-order valence-electron chi connectivity index (χ0n) is 8.14. The zero-order valence-corrected chi connectivity index (χ0v) is 8.14. The smallest absolute Gasteiger partial charge is 0.165 e. The number of benzene rings is 1. The number of para-hydroxylation sites is 1. The van der Waals surface area contributed by atoms with Gasteiger partial charge < -0.3 is 4.74 Å². The van der Waals surface area contributed by atoms with Gasteiger partial charge in [0.15, 0.2) is 11.6 Å². The fraction of sp³-hybridized carbons (Fsp3) is 0.455. The number of rotatable bonds is 4. The lowest BCUT2D eigenvalue weighted by Crippen LogP contribution is -2.00. The van der Waals surface area contributed by atoms with Crippen molar-refractivity contribution in [1.82, 2.24) is 0 Å². The highest BCUT2D eigenvalue weighted by molar-refractivity contribution is 5.34. The molecule has 72 valence electrons. The maximum atomic E-state index is 13.2. The topological polar surface area (TPSA) is 9.23 Å². The van der Waals surface area contributed by atoms with Crippen LogP contribution < -0.4 is 4.74 Å². The molecule has 2 heteroatoms. The van der Waals surface area contributed by atoms with Crippen LogP contribution in [0.3, 0.4) is 0 Å². The van der Waals surface area contributed by atoms with Crippen LogP contribution in [0.2, 0.25) is 0 Å². The predicted octanol–water partition coefficient (Wildman–Crippen LogP) is 3.18. The van der Waals surface area contributed by atoms with Gasteiger partial charge >= 0.3 is 0 Å². The predicted molar refractivity (Wildman–Crippen MR) is 51.6 cm³/mol. The Hall–Kier alpha value is -1.05. The third-order valence-electron chi connectivity index (χ3n) is 1.88. The molecule has 0 fully saturated rings. The first-order valence-corrected chi connectivity index (χ1v) is 4.69. The van der Waals surface area contributed by atoms with Crippen LogP contribution in [0.1, 0.15) is 25.8 Å². The van der Waals surface area contributed by atoms with Crippen molar-refractivity contribution in [2.24, 2.45) is 0 Å². The highest BCUT2D eigenvalue weighted by atomic mass is 19.1. The lowest BCUT2D eigenvalue weighted by molar-refractivity contribution is 0.298. The Balaban J connectivity index is 2.87. The van der Waals surface area contributed by atoms with E-state index >= 15 is 0 Å². The third-order valence-corrected chi connectivity index (χ3v) is 1.88. The van der Waals surface area contributed by atoms with E-state index in [-0.39, 0.29) is 5.82 Å². The Bertz CT molecular complexity index is 271. The van der Waals surface area contributed by atoms with Crippen LogP contribution in [-0.4, -0.2) is 6.61 Å². The average Bonchev–Trinajstić information content (AvgIpc) is 2.15. The summed E-state index contributed by atoms with van der Waals surface area (Å²) in [5.74, 6) is 0.166. The number of aryl methyl sites for hydroxylation is 1. The summed E-state index contributed by atoms with van der Waals surface area (Å²) in [5.41, 5.74) is 0.938. The number of hydrogen-bond acceptors (Lipinski definition) is 1. The monoisotopic (exact) mass is 182 g/mol. The molecule has 0 spiro atoms. The van der Waals surface area contributed by atoms with Gasteiger partial charge in [-0.1, -0.05) is 26.0 Å². The van der Waals surface area contributed by atoms with Crippen molar-refractivity contribution in [3.05, 3.63) is 29.6 Å². The summed E-state index contributed by atoms with van der Waals surface area (Å²) in [4.78, 5) is 0. The fourth-order valence-corrected chi connectivity index (χ4v) is 1.20. The Kier molecular flexibility index (Phi) is 3.74. The normalized spacial score (nSPS) is 10.1. The van der Waals surface area contributed by atoms with Crippen molar-refractivity contribution in [2.45, 2.75) is 26.7 Å². The van der Waals surface area contributed by atoms with Crippen molar-refractivity contribution in [3.63, 3.8) is 0 Å². The molecule has 0 aliphatic rings. The fourth-order valence-electron chi connectivity index (χ4n) is 1.20. The molecule has 0 radical (unpaired) electrons. The lowest BCUT2D eigenvalue weighted by Gasteiger charge is -2.09. The van der Waals surface area contributed by atoms with Crippen molar-refractivity contribution >= 4 is 0 Å². The summed E-state index contributed by atoms with van der Waals surface area (Å²) in [5, 5.41) is 0. The van der Waals surface area contributed by atoms with E-state index in [0.29, 0.717) is 12.4 Å². The van der Waals surface area contributed by atoms with Crippen LogP contribution in [0.4, 0.5) is 4.39 Å². The van der Waals surface area contributed by atoms with E-state index in [1.807, 2.05) is 19.9 Å². The molecule has 0 bridgehead atoms. The molecule has 0 saturated carbocycles. The van der Waals surface area contributed by atoms with Crippen molar-refractivity contribution in [1.29, 1.82) is 0 Å². The molecule has 13 heavy (non-hydrogen) atoms. The van der Waals surface area contributed by atoms with Crippen molar-refractivity contribution in [3.8, 4) is 5.75 Å². The van der Waals surface area contributed by atoms with Gasteiger partial charge in [0, 0.05) is 0 Å². The van der Waals surface area contributed by atoms with Gasteiger partial charge in [-0.3, -0.25) is 0 Å². The third kappa shape index (κ3) is 2.44. The minimum absolute atomic E-state index is 0.257. The summed E-state index contributed by atoms with van der Waals surface area (Å²) in [6.07, 6.45) is 1.70. The van der Waals surface area contributed by atoms with Gasteiger partial charge in [-0.2, -0.15) is 0 Å². The second-order valence-corrected chi connectivity index (χ2v) is 2.93. The molecule has 1 nitrogen and oxygen atoms in total. The molecule has 0 aromatic heterocycles.